The van der Waals surface area contributed by atoms with Crippen molar-refractivity contribution in [2.75, 3.05) is 0 Å². The Bertz CT molecular complexity index is 608. The third-order valence-electron chi connectivity index (χ3n) is 3.74. The first kappa shape index (κ1) is 15.4. The molecule has 2 rings (SSSR count). The maximum absolute atomic E-state index is 13.8. The minimum absolute atomic E-state index is 0.105. The first-order valence-electron chi connectivity index (χ1n) is 7.21. The van der Waals surface area contributed by atoms with Crippen LogP contribution in [0.3, 0.4) is 0 Å². The van der Waals surface area contributed by atoms with Gasteiger partial charge >= 0.3 is 0 Å². The highest BCUT2D eigenvalue weighted by Gasteiger charge is 2.17. The van der Waals surface area contributed by atoms with E-state index >= 15 is 0 Å². The summed E-state index contributed by atoms with van der Waals surface area (Å²) in [5, 5.41) is 0. The van der Waals surface area contributed by atoms with Crippen LogP contribution in [0, 0.1) is 5.82 Å². The molecule has 0 bridgehead atoms. The molecule has 1 unspecified atom stereocenters. The minimum atomic E-state index is -0.438. The molecule has 0 amide bonds. The maximum atomic E-state index is 13.8. The summed E-state index contributed by atoms with van der Waals surface area (Å²) >= 11 is 0. The molecule has 2 aromatic rings. The smallest absolute Gasteiger partial charge is 0.127 e. The molecule has 0 aromatic heterocycles. The maximum Gasteiger partial charge on any atom is 0.127 e. The van der Waals surface area contributed by atoms with Gasteiger partial charge in [-0.05, 0) is 34.6 Å². The Hall–Kier alpha value is -1.96. The lowest BCUT2D eigenvalue weighted by Crippen LogP contribution is -2.11. The van der Waals surface area contributed by atoms with Crippen molar-refractivity contribution in [3.63, 3.8) is 0 Å². The number of benzene rings is 2. The number of aldehydes is 1. The van der Waals surface area contributed by atoms with Crippen molar-refractivity contribution >= 4 is 6.29 Å². The largest absolute Gasteiger partial charge is 0.303 e. The normalized spacial score (nSPS) is 13.0. The van der Waals surface area contributed by atoms with E-state index in [1.165, 1.54) is 11.6 Å². The Morgan fingerprint density at radius 1 is 1.05 bits per heavy atom. The van der Waals surface area contributed by atoms with Gasteiger partial charge in [0.05, 0.1) is 0 Å². The monoisotopic (exact) mass is 284 g/mol. The van der Waals surface area contributed by atoms with Crippen LogP contribution < -0.4 is 0 Å². The topological polar surface area (TPSA) is 17.1 Å². The second kappa shape index (κ2) is 6.21. The molecular formula is C19H21FO. The lowest BCUT2D eigenvalue weighted by molar-refractivity contribution is -0.109. The van der Waals surface area contributed by atoms with E-state index in [4.69, 9.17) is 0 Å². The first-order chi connectivity index (χ1) is 9.91. The zero-order valence-electron chi connectivity index (χ0n) is 12.8. The Balaban J connectivity index is 2.20. The van der Waals surface area contributed by atoms with Crippen LogP contribution in [0.4, 0.5) is 4.39 Å². The van der Waals surface area contributed by atoms with Gasteiger partial charge in [-0.15, -0.1) is 0 Å². The molecule has 0 radical (unpaired) electrons. The number of carbonyl (C=O) groups excluding carboxylic acids is 1. The molecule has 0 heterocycles. The molecule has 2 aromatic carbocycles. The molecule has 0 saturated carbocycles. The summed E-state index contributed by atoms with van der Waals surface area (Å²) in [4.78, 5) is 11.3. The molecule has 0 saturated heterocycles. The molecule has 0 spiro atoms. The second-order valence-corrected chi connectivity index (χ2v) is 6.42. The van der Waals surface area contributed by atoms with Crippen molar-refractivity contribution in [2.24, 2.45) is 0 Å². The number of carbonyl (C=O) groups is 1. The van der Waals surface area contributed by atoms with Gasteiger partial charge in [0.25, 0.3) is 0 Å². The van der Waals surface area contributed by atoms with Crippen LogP contribution in [0.5, 0.6) is 0 Å². The van der Waals surface area contributed by atoms with E-state index in [9.17, 15) is 9.18 Å². The van der Waals surface area contributed by atoms with E-state index in [-0.39, 0.29) is 11.2 Å². The summed E-state index contributed by atoms with van der Waals surface area (Å²) in [6.07, 6.45) is 1.35. The van der Waals surface area contributed by atoms with E-state index < -0.39 is 5.92 Å². The van der Waals surface area contributed by atoms with Crippen LogP contribution >= 0.6 is 0 Å². The van der Waals surface area contributed by atoms with Crippen molar-refractivity contribution < 1.29 is 9.18 Å². The van der Waals surface area contributed by atoms with Crippen molar-refractivity contribution in [2.45, 2.75) is 38.5 Å². The van der Waals surface area contributed by atoms with Crippen LogP contribution in [0.2, 0.25) is 0 Å². The fraction of sp³-hybridized carbons (Fsp3) is 0.316. The Kier molecular flexibility index (Phi) is 4.56. The number of rotatable bonds is 4. The van der Waals surface area contributed by atoms with Crippen molar-refractivity contribution in [3.05, 3.63) is 71.0 Å². The quantitative estimate of drug-likeness (QED) is 0.747. The molecule has 0 N–H and O–H groups in total. The van der Waals surface area contributed by atoms with Crippen LogP contribution in [0.25, 0.3) is 0 Å². The van der Waals surface area contributed by atoms with Gasteiger partial charge in [-0.1, -0.05) is 63.2 Å². The molecule has 1 nitrogen and oxygen atoms in total. The third kappa shape index (κ3) is 3.78. The van der Waals surface area contributed by atoms with Crippen LogP contribution in [0.1, 0.15) is 43.4 Å². The first-order valence-corrected chi connectivity index (χ1v) is 7.21. The van der Waals surface area contributed by atoms with Gasteiger partial charge in [0.15, 0.2) is 0 Å². The van der Waals surface area contributed by atoms with Gasteiger partial charge < -0.3 is 4.79 Å². The molecule has 110 valence electrons. The summed E-state index contributed by atoms with van der Waals surface area (Å²) < 4.78 is 13.8. The average molecular weight is 284 g/mol. The highest BCUT2D eigenvalue weighted by atomic mass is 19.1. The van der Waals surface area contributed by atoms with E-state index in [1.54, 1.807) is 18.2 Å². The van der Waals surface area contributed by atoms with Gasteiger partial charge in [0.1, 0.15) is 12.1 Å². The van der Waals surface area contributed by atoms with E-state index in [0.29, 0.717) is 12.0 Å². The zero-order valence-corrected chi connectivity index (χ0v) is 12.8. The molecule has 0 fully saturated rings. The summed E-state index contributed by atoms with van der Waals surface area (Å²) in [6.45, 7) is 6.49. The molecule has 0 aliphatic heterocycles. The van der Waals surface area contributed by atoms with E-state index in [1.807, 2.05) is 12.1 Å². The minimum Gasteiger partial charge on any atom is -0.303 e. The molecular weight excluding hydrogens is 263 g/mol. The standard InChI is InChI=1S/C19H21FO/c1-19(2,3)16-10-8-14(9-11-16)12-15(13-21)17-6-4-5-7-18(17)20/h4-11,13,15H,12H2,1-3H3. The van der Waals surface area contributed by atoms with Gasteiger partial charge in [-0.25, -0.2) is 4.39 Å². The highest BCUT2D eigenvalue weighted by molar-refractivity contribution is 5.63. The second-order valence-electron chi connectivity index (χ2n) is 6.42. The lowest BCUT2D eigenvalue weighted by Gasteiger charge is -2.19. The molecule has 2 heteroatoms. The molecule has 21 heavy (non-hydrogen) atoms. The summed E-state index contributed by atoms with van der Waals surface area (Å²) in [5.74, 6) is -0.757. The van der Waals surface area contributed by atoms with Gasteiger partial charge in [-0.3, -0.25) is 0 Å². The molecule has 0 aliphatic carbocycles. The fourth-order valence-electron chi connectivity index (χ4n) is 2.40. The average Bonchev–Trinajstić information content (AvgIpc) is 2.45. The summed E-state index contributed by atoms with van der Waals surface area (Å²) in [5.41, 5.74) is 2.87. The number of hydrogen-bond donors (Lipinski definition) is 0. The van der Waals surface area contributed by atoms with Crippen molar-refractivity contribution in [1.82, 2.24) is 0 Å². The van der Waals surface area contributed by atoms with Crippen LogP contribution in [0.15, 0.2) is 48.5 Å². The van der Waals surface area contributed by atoms with Gasteiger partial charge in [0.2, 0.25) is 0 Å². The van der Waals surface area contributed by atoms with Gasteiger partial charge in [0, 0.05) is 5.92 Å². The van der Waals surface area contributed by atoms with Crippen molar-refractivity contribution in [1.29, 1.82) is 0 Å². The predicted octanol–water partition coefficient (Wildman–Crippen LogP) is 4.65. The third-order valence-corrected chi connectivity index (χ3v) is 3.74. The fourth-order valence-corrected chi connectivity index (χ4v) is 2.40. The molecule has 0 aliphatic rings. The van der Waals surface area contributed by atoms with Gasteiger partial charge in [-0.2, -0.15) is 0 Å². The van der Waals surface area contributed by atoms with Crippen molar-refractivity contribution in [3.8, 4) is 0 Å². The zero-order chi connectivity index (χ0) is 15.5. The summed E-state index contributed by atoms with van der Waals surface area (Å²) in [7, 11) is 0. The SMILES string of the molecule is CC(C)(C)c1ccc(CC(C=O)c2ccccc2F)cc1. The molecule has 1 atom stereocenters. The van der Waals surface area contributed by atoms with Crippen LogP contribution in [-0.4, -0.2) is 6.29 Å². The van der Waals surface area contributed by atoms with E-state index in [0.717, 1.165) is 11.8 Å². The Morgan fingerprint density at radius 2 is 1.67 bits per heavy atom. The number of hydrogen-bond acceptors (Lipinski definition) is 1. The predicted molar refractivity (Wildman–Crippen MR) is 84.1 cm³/mol. The summed E-state index contributed by atoms with van der Waals surface area (Å²) in [6, 6.07) is 14.7. The lowest BCUT2D eigenvalue weighted by atomic mass is 9.85. The number of halogens is 1. The highest BCUT2D eigenvalue weighted by Crippen LogP contribution is 2.25. The Labute approximate surface area is 125 Å². The van der Waals surface area contributed by atoms with Crippen LogP contribution in [-0.2, 0) is 16.6 Å². The van der Waals surface area contributed by atoms with E-state index in [2.05, 4.69) is 32.9 Å². The Morgan fingerprint density at radius 3 is 2.19 bits per heavy atom.